The van der Waals surface area contributed by atoms with Gasteiger partial charge in [-0.25, -0.2) is 4.79 Å². The predicted molar refractivity (Wildman–Crippen MR) is 128 cm³/mol. The number of alkyl halides is 6. The van der Waals surface area contributed by atoms with Crippen LogP contribution in [0.25, 0.3) is 0 Å². The van der Waals surface area contributed by atoms with Crippen LogP contribution in [0, 0.1) is 5.41 Å². The number of urea groups is 1. The molecular formula is C25H30F6N4O5. The Balaban J connectivity index is 1.32. The summed E-state index contributed by atoms with van der Waals surface area (Å²) in [7, 11) is 0. The Labute approximate surface area is 225 Å². The molecule has 1 aromatic carbocycles. The lowest BCUT2D eigenvalue weighted by Gasteiger charge is -2.40. The number of nitrogens with one attached hydrogen (secondary N) is 1. The Hall–Kier alpha value is -3.07. The molecule has 222 valence electrons. The van der Waals surface area contributed by atoms with Gasteiger partial charge in [-0.05, 0) is 49.8 Å². The fourth-order valence-electron chi connectivity index (χ4n) is 5.33. The molecule has 3 N–H and O–H groups in total. The first-order valence-corrected chi connectivity index (χ1v) is 12.8. The molecule has 2 aliphatic heterocycles. The third kappa shape index (κ3) is 6.29. The maximum Gasteiger partial charge on any atom is 0.417 e. The van der Waals surface area contributed by atoms with Crippen LogP contribution in [0.2, 0.25) is 0 Å². The van der Waals surface area contributed by atoms with E-state index in [1.165, 1.54) is 16.7 Å². The maximum atomic E-state index is 13.2. The van der Waals surface area contributed by atoms with Gasteiger partial charge >= 0.3 is 18.4 Å². The Morgan fingerprint density at radius 2 is 1.70 bits per heavy atom. The quantitative estimate of drug-likeness (QED) is 0.464. The molecule has 0 aromatic heterocycles. The third-order valence-electron chi connectivity index (χ3n) is 7.96. The number of anilines is 1. The summed E-state index contributed by atoms with van der Waals surface area (Å²) in [6, 6.07) is -0.982. The van der Waals surface area contributed by atoms with E-state index in [1.54, 1.807) is 0 Å². The minimum atomic E-state index is -5.32. The molecule has 1 aliphatic carbocycles. The number of hydrogen-bond acceptors (Lipinski definition) is 5. The van der Waals surface area contributed by atoms with Crippen LogP contribution in [0.4, 0.5) is 36.8 Å². The largest absolute Gasteiger partial charge is 0.417 e. The summed E-state index contributed by atoms with van der Waals surface area (Å²) in [6.07, 6.45) is -10.1. The van der Waals surface area contributed by atoms with E-state index < -0.39 is 59.4 Å². The average Bonchev–Trinajstić information content (AvgIpc) is 3.63. The summed E-state index contributed by atoms with van der Waals surface area (Å²) < 4.78 is 78.7. The van der Waals surface area contributed by atoms with Crippen LogP contribution in [-0.2, 0) is 21.9 Å². The zero-order valence-corrected chi connectivity index (χ0v) is 21.6. The molecule has 3 aliphatic rings. The molecule has 4 rings (SSSR count). The van der Waals surface area contributed by atoms with Crippen molar-refractivity contribution in [3.63, 3.8) is 0 Å². The van der Waals surface area contributed by atoms with Crippen molar-refractivity contribution in [1.82, 2.24) is 14.7 Å². The molecular weight excluding hydrogens is 550 g/mol. The summed E-state index contributed by atoms with van der Waals surface area (Å²) in [5, 5.41) is 22.9. The van der Waals surface area contributed by atoms with E-state index in [2.05, 4.69) is 5.32 Å². The van der Waals surface area contributed by atoms with Gasteiger partial charge in [-0.1, -0.05) is 0 Å². The number of nitrogens with zero attached hydrogens (tertiary/aromatic N) is 3. The second-order valence-corrected chi connectivity index (χ2v) is 10.7. The number of carbonyl (C=O) groups is 3. The second-order valence-electron chi connectivity index (χ2n) is 10.7. The fourth-order valence-corrected chi connectivity index (χ4v) is 5.33. The fraction of sp³-hybridized carbons (Fsp3) is 0.640. The maximum absolute atomic E-state index is 13.2. The topological polar surface area (TPSA) is 113 Å². The molecule has 0 bridgehead atoms. The predicted octanol–water partition coefficient (Wildman–Crippen LogP) is 2.91. The number of amides is 4. The van der Waals surface area contributed by atoms with E-state index in [9.17, 15) is 50.9 Å². The first-order chi connectivity index (χ1) is 18.5. The molecule has 9 nitrogen and oxygen atoms in total. The third-order valence-corrected chi connectivity index (χ3v) is 7.96. The van der Waals surface area contributed by atoms with Gasteiger partial charge in [0.05, 0.1) is 29.8 Å². The number of likely N-dealkylation sites (tertiary alicyclic amines) is 1. The highest BCUT2D eigenvalue weighted by Crippen LogP contribution is 2.53. The number of piperidine rings is 1. The number of aliphatic hydroxyl groups is 2. The Morgan fingerprint density at radius 3 is 2.27 bits per heavy atom. The second kappa shape index (κ2) is 10.7. The van der Waals surface area contributed by atoms with E-state index in [0.29, 0.717) is 19.0 Å². The number of aliphatic hydroxyl groups excluding tert-OH is 2. The standard InChI is InChI=1S/C25H30F6N4O5/c1-14-21(39)34(12-16(36)11-20(38)33-7-6-23(4-5-23)19(37)13-33)8-9-35(14)22(40)32-15-2-3-17(24(26,27)28)18(10-15)25(29,30)31/h2-3,10,14,16,19,36-37H,4-9,11-13H2,1H3,(H,32,40)/t14-,16-,19+/m0/s1. The van der Waals surface area contributed by atoms with Crippen LogP contribution < -0.4 is 5.32 Å². The number of benzene rings is 1. The smallest absolute Gasteiger partial charge is 0.391 e. The molecule has 0 unspecified atom stereocenters. The highest BCUT2D eigenvalue weighted by atomic mass is 19.4. The van der Waals surface area contributed by atoms with Gasteiger partial charge in [0.25, 0.3) is 0 Å². The van der Waals surface area contributed by atoms with Gasteiger partial charge in [0, 0.05) is 38.4 Å². The van der Waals surface area contributed by atoms with Crippen LogP contribution in [0.15, 0.2) is 18.2 Å². The van der Waals surface area contributed by atoms with Gasteiger partial charge < -0.3 is 30.2 Å². The molecule has 40 heavy (non-hydrogen) atoms. The van der Waals surface area contributed by atoms with E-state index in [0.717, 1.165) is 17.7 Å². The SMILES string of the molecule is C[C@H]1C(=O)N(C[C@@H](O)CC(=O)N2CCC3(CC3)[C@H](O)C2)CCN1C(=O)Nc1ccc(C(F)(F)F)c(C(F)(F)F)c1. The zero-order chi connectivity index (χ0) is 29.6. The number of β-amino-alcohol motifs (C(OH)–C–C–N with tert-alkyl or cyclic N) is 2. The number of piperazine rings is 1. The highest BCUT2D eigenvalue weighted by molar-refractivity contribution is 5.94. The molecule has 4 amide bonds. The molecule has 1 aromatic rings. The van der Waals surface area contributed by atoms with Crippen LogP contribution in [0.5, 0.6) is 0 Å². The van der Waals surface area contributed by atoms with Gasteiger partial charge in [0.2, 0.25) is 11.8 Å². The monoisotopic (exact) mass is 580 g/mol. The summed E-state index contributed by atoms with van der Waals surface area (Å²) >= 11 is 0. The Kier molecular flexibility index (Phi) is 8.02. The van der Waals surface area contributed by atoms with Crippen molar-refractivity contribution in [2.24, 2.45) is 5.41 Å². The average molecular weight is 581 g/mol. The van der Waals surface area contributed by atoms with Crippen molar-refractivity contribution in [1.29, 1.82) is 0 Å². The number of carbonyl (C=O) groups excluding carboxylic acids is 3. The Morgan fingerprint density at radius 1 is 1.05 bits per heavy atom. The lowest BCUT2D eigenvalue weighted by molar-refractivity contribution is -0.162. The Bertz CT molecular complexity index is 1160. The van der Waals surface area contributed by atoms with Crippen LogP contribution in [0.3, 0.4) is 0 Å². The minimum Gasteiger partial charge on any atom is -0.391 e. The summed E-state index contributed by atoms with van der Waals surface area (Å²) in [5.41, 5.74) is -4.47. The summed E-state index contributed by atoms with van der Waals surface area (Å²) in [5.74, 6) is -0.935. The lowest BCUT2D eigenvalue weighted by Crippen LogP contribution is -2.59. The molecule has 0 radical (unpaired) electrons. The lowest BCUT2D eigenvalue weighted by atomic mass is 9.90. The molecule has 1 spiro atoms. The zero-order valence-electron chi connectivity index (χ0n) is 21.6. The summed E-state index contributed by atoms with van der Waals surface area (Å²) in [6.45, 7) is 1.72. The van der Waals surface area contributed by atoms with Crippen molar-refractivity contribution >= 4 is 23.5 Å². The van der Waals surface area contributed by atoms with E-state index in [1.807, 2.05) is 0 Å². The van der Waals surface area contributed by atoms with Crippen molar-refractivity contribution in [2.75, 3.05) is 38.0 Å². The molecule has 2 heterocycles. The van der Waals surface area contributed by atoms with E-state index in [4.69, 9.17) is 0 Å². The first kappa shape index (κ1) is 29.9. The van der Waals surface area contributed by atoms with E-state index in [-0.39, 0.29) is 56.1 Å². The minimum absolute atomic E-state index is 0.0480. The van der Waals surface area contributed by atoms with Gasteiger partial charge in [0.1, 0.15) is 6.04 Å². The van der Waals surface area contributed by atoms with Crippen molar-refractivity contribution < 1.29 is 50.9 Å². The van der Waals surface area contributed by atoms with Gasteiger partial charge in [-0.3, -0.25) is 9.59 Å². The molecule has 3 atom stereocenters. The molecule has 2 saturated heterocycles. The van der Waals surface area contributed by atoms with Gasteiger partial charge in [-0.2, -0.15) is 26.3 Å². The van der Waals surface area contributed by atoms with Crippen LogP contribution >= 0.6 is 0 Å². The first-order valence-electron chi connectivity index (χ1n) is 12.8. The number of rotatable bonds is 5. The van der Waals surface area contributed by atoms with Gasteiger partial charge in [-0.15, -0.1) is 0 Å². The van der Waals surface area contributed by atoms with Crippen LogP contribution in [0.1, 0.15) is 43.7 Å². The normalized spacial score (nSPS) is 23.8. The van der Waals surface area contributed by atoms with Crippen molar-refractivity contribution in [3.8, 4) is 0 Å². The highest BCUT2D eigenvalue weighted by Gasteiger charge is 2.52. The molecule has 3 fully saturated rings. The van der Waals surface area contributed by atoms with Crippen molar-refractivity contribution in [2.45, 2.75) is 63.2 Å². The van der Waals surface area contributed by atoms with Crippen molar-refractivity contribution in [3.05, 3.63) is 29.3 Å². The molecule has 1 saturated carbocycles. The van der Waals surface area contributed by atoms with E-state index >= 15 is 0 Å². The number of halogens is 6. The van der Waals surface area contributed by atoms with Gasteiger partial charge in [0.15, 0.2) is 0 Å². The number of hydrogen-bond donors (Lipinski definition) is 3. The summed E-state index contributed by atoms with van der Waals surface area (Å²) in [4.78, 5) is 42.0. The van der Waals surface area contributed by atoms with Crippen LogP contribution in [-0.4, -0.2) is 93.7 Å². The molecule has 15 heteroatoms.